The van der Waals surface area contributed by atoms with Gasteiger partial charge in [-0.25, -0.2) is 9.37 Å². The minimum absolute atomic E-state index is 0.0972. The molecule has 0 saturated carbocycles. The molecule has 1 unspecified atom stereocenters. The second-order valence-electron chi connectivity index (χ2n) is 6.00. The highest BCUT2D eigenvalue weighted by molar-refractivity contribution is 5.88. The molecule has 0 radical (unpaired) electrons. The van der Waals surface area contributed by atoms with Crippen LogP contribution in [-0.4, -0.2) is 9.91 Å². The Bertz CT molecular complexity index is 1060. The smallest absolute Gasteiger partial charge is 0.270 e. The zero-order valence-corrected chi connectivity index (χ0v) is 14.2. The van der Waals surface area contributed by atoms with Crippen LogP contribution in [0.3, 0.4) is 0 Å². The minimum Gasteiger partial charge on any atom is -0.363 e. The Hall–Kier alpha value is -3.53. The highest BCUT2D eigenvalue weighted by Gasteiger charge is 2.14. The average molecular weight is 350 g/mol. The zero-order valence-electron chi connectivity index (χ0n) is 14.2. The number of aryl methyl sites for hydroxylation is 1. The Balaban J connectivity index is 1.97. The van der Waals surface area contributed by atoms with Crippen LogP contribution in [0, 0.1) is 34.2 Å². The van der Waals surface area contributed by atoms with E-state index in [1.165, 1.54) is 30.3 Å². The van der Waals surface area contributed by atoms with Crippen LogP contribution in [0.15, 0.2) is 42.5 Å². The van der Waals surface area contributed by atoms with Gasteiger partial charge in [-0.15, -0.1) is 0 Å². The lowest BCUT2D eigenvalue weighted by atomic mass is 10.1. The summed E-state index contributed by atoms with van der Waals surface area (Å²) in [6.45, 7) is 3.55. The number of anilines is 1. The van der Waals surface area contributed by atoms with Gasteiger partial charge in [0.15, 0.2) is 0 Å². The maximum absolute atomic E-state index is 13.8. The number of nitrogens with zero attached hydrogens (tertiary/aromatic N) is 3. The second kappa shape index (κ2) is 6.76. The number of nitro groups is 1. The van der Waals surface area contributed by atoms with Crippen LogP contribution in [0.2, 0.25) is 0 Å². The van der Waals surface area contributed by atoms with Crippen molar-refractivity contribution >= 4 is 22.4 Å². The summed E-state index contributed by atoms with van der Waals surface area (Å²) in [7, 11) is 0. The van der Waals surface area contributed by atoms with Gasteiger partial charge >= 0.3 is 0 Å². The molecule has 0 aliphatic carbocycles. The molecule has 0 spiro atoms. The number of nitro benzene ring substituents is 1. The van der Waals surface area contributed by atoms with Crippen LogP contribution >= 0.6 is 0 Å². The van der Waals surface area contributed by atoms with Crippen molar-refractivity contribution in [1.29, 1.82) is 5.26 Å². The van der Waals surface area contributed by atoms with Gasteiger partial charge in [0, 0.05) is 17.5 Å². The molecule has 0 fully saturated rings. The molecular weight excluding hydrogens is 335 g/mol. The first kappa shape index (κ1) is 17.3. The third-order valence-electron chi connectivity index (χ3n) is 4.18. The molecule has 1 atom stereocenters. The molecule has 2 aromatic carbocycles. The molecule has 26 heavy (non-hydrogen) atoms. The number of benzene rings is 2. The number of pyridine rings is 1. The molecule has 3 aromatic rings. The lowest BCUT2D eigenvalue weighted by Crippen LogP contribution is -2.09. The number of nitrogens with one attached hydrogen (secondary N) is 1. The number of rotatable bonds is 4. The van der Waals surface area contributed by atoms with Crippen molar-refractivity contribution in [2.45, 2.75) is 19.9 Å². The van der Waals surface area contributed by atoms with Crippen molar-refractivity contribution in [1.82, 2.24) is 4.98 Å². The van der Waals surface area contributed by atoms with Crippen LogP contribution in [0.25, 0.3) is 10.9 Å². The first-order valence-electron chi connectivity index (χ1n) is 7.91. The van der Waals surface area contributed by atoms with Gasteiger partial charge in [-0.1, -0.05) is 12.1 Å². The monoisotopic (exact) mass is 350 g/mol. The number of non-ortho nitro benzene ring substituents is 1. The average Bonchev–Trinajstić information content (AvgIpc) is 2.62. The van der Waals surface area contributed by atoms with Crippen molar-refractivity contribution in [2.24, 2.45) is 0 Å². The highest BCUT2D eigenvalue weighted by Crippen LogP contribution is 2.27. The Kier molecular flexibility index (Phi) is 4.50. The van der Waals surface area contributed by atoms with Crippen LogP contribution in [-0.2, 0) is 0 Å². The Labute approximate surface area is 149 Å². The van der Waals surface area contributed by atoms with E-state index >= 15 is 0 Å². The van der Waals surface area contributed by atoms with Gasteiger partial charge in [0.25, 0.3) is 5.69 Å². The molecule has 130 valence electrons. The fraction of sp³-hybridized carbons (Fsp3) is 0.158. The van der Waals surface area contributed by atoms with Crippen molar-refractivity contribution in [3.63, 3.8) is 0 Å². The Morgan fingerprint density at radius 3 is 2.69 bits per heavy atom. The first-order chi connectivity index (χ1) is 12.4. The van der Waals surface area contributed by atoms with E-state index in [1.807, 2.05) is 19.1 Å². The van der Waals surface area contributed by atoms with Crippen LogP contribution in [0.1, 0.15) is 29.7 Å². The number of aromatic nitrogens is 1. The molecule has 6 nitrogen and oxygen atoms in total. The zero-order chi connectivity index (χ0) is 18.8. The van der Waals surface area contributed by atoms with Gasteiger partial charge in [0.1, 0.15) is 11.6 Å². The molecule has 0 saturated heterocycles. The van der Waals surface area contributed by atoms with E-state index in [0.717, 1.165) is 5.56 Å². The number of fused-ring (bicyclic) bond motifs is 1. The lowest BCUT2D eigenvalue weighted by molar-refractivity contribution is -0.384. The third-order valence-corrected chi connectivity index (χ3v) is 4.18. The summed E-state index contributed by atoms with van der Waals surface area (Å²) in [5.74, 6) is 0.157. The van der Waals surface area contributed by atoms with E-state index in [0.29, 0.717) is 22.3 Å². The molecule has 0 aliphatic rings. The molecule has 1 heterocycles. The summed E-state index contributed by atoms with van der Waals surface area (Å²) < 4.78 is 13.8. The molecule has 1 N–H and O–H groups in total. The molecule has 0 amide bonds. The van der Waals surface area contributed by atoms with Gasteiger partial charge in [0.05, 0.1) is 28.1 Å². The number of nitriles is 1. The van der Waals surface area contributed by atoms with Gasteiger partial charge in [-0.05, 0) is 43.2 Å². The Morgan fingerprint density at radius 1 is 1.27 bits per heavy atom. The third kappa shape index (κ3) is 3.30. The van der Waals surface area contributed by atoms with E-state index in [1.54, 1.807) is 13.0 Å². The van der Waals surface area contributed by atoms with E-state index in [-0.39, 0.29) is 23.1 Å². The van der Waals surface area contributed by atoms with Crippen LogP contribution in [0.5, 0.6) is 0 Å². The summed E-state index contributed by atoms with van der Waals surface area (Å²) in [4.78, 5) is 14.8. The highest BCUT2D eigenvalue weighted by atomic mass is 19.1. The molecule has 7 heteroatoms. The maximum atomic E-state index is 13.8. The van der Waals surface area contributed by atoms with Crippen molar-refractivity contribution in [2.75, 3.05) is 5.32 Å². The topological polar surface area (TPSA) is 91.8 Å². The summed E-state index contributed by atoms with van der Waals surface area (Å²) >= 11 is 0. The SMILES string of the molecule is Cc1ccc(C(C)Nc2cc(C#N)c3cc([N+](=O)[O-])ccc3n2)cc1F. The van der Waals surface area contributed by atoms with E-state index in [9.17, 15) is 19.8 Å². The summed E-state index contributed by atoms with van der Waals surface area (Å²) in [5, 5.41) is 23.9. The second-order valence-corrected chi connectivity index (χ2v) is 6.00. The lowest BCUT2D eigenvalue weighted by Gasteiger charge is -2.16. The van der Waals surface area contributed by atoms with E-state index in [2.05, 4.69) is 10.3 Å². The first-order valence-corrected chi connectivity index (χ1v) is 7.91. The quantitative estimate of drug-likeness (QED) is 0.547. The van der Waals surface area contributed by atoms with Crippen molar-refractivity contribution in [3.05, 3.63) is 75.1 Å². The van der Waals surface area contributed by atoms with Crippen LogP contribution < -0.4 is 5.32 Å². The predicted octanol–water partition coefficient (Wildman–Crippen LogP) is 4.64. The van der Waals surface area contributed by atoms with Gasteiger partial charge in [0.2, 0.25) is 0 Å². The van der Waals surface area contributed by atoms with Crippen molar-refractivity contribution in [3.8, 4) is 6.07 Å². The maximum Gasteiger partial charge on any atom is 0.270 e. The Morgan fingerprint density at radius 2 is 2.04 bits per heavy atom. The molecule has 0 aliphatic heterocycles. The molecule has 0 bridgehead atoms. The molecular formula is C19H15FN4O2. The predicted molar refractivity (Wildman–Crippen MR) is 96.3 cm³/mol. The fourth-order valence-corrected chi connectivity index (χ4v) is 2.68. The van der Waals surface area contributed by atoms with Gasteiger partial charge in [-0.2, -0.15) is 5.26 Å². The van der Waals surface area contributed by atoms with Gasteiger partial charge < -0.3 is 5.32 Å². The minimum atomic E-state index is -0.513. The summed E-state index contributed by atoms with van der Waals surface area (Å²) in [6.07, 6.45) is 0. The van der Waals surface area contributed by atoms with Gasteiger partial charge in [-0.3, -0.25) is 10.1 Å². The number of hydrogen-bond acceptors (Lipinski definition) is 5. The summed E-state index contributed by atoms with van der Waals surface area (Å²) in [5.41, 5.74) is 1.97. The molecule has 1 aromatic heterocycles. The van der Waals surface area contributed by atoms with Crippen molar-refractivity contribution < 1.29 is 9.31 Å². The number of hydrogen-bond donors (Lipinski definition) is 1. The molecule has 3 rings (SSSR count). The van der Waals surface area contributed by atoms with Crippen LogP contribution in [0.4, 0.5) is 15.9 Å². The number of halogens is 1. The largest absolute Gasteiger partial charge is 0.363 e. The normalized spacial score (nSPS) is 11.8. The van der Waals surface area contributed by atoms with E-state index < -0.39 is 4.92 Å². The fourth-order valence-electron chi connectivity index (χ4n) is 2.68. The van der Waals surface area contributed by atoms with E-state index in [4.69, 9.17) is 0 Å². The summed E-state index contributed by atoms with van der Waals surface area (Å²) in [6, 6.07) is 12.5. The standard InChI is InChI=1S/C19H15FN4O2/c1-11-3-4-13(7-17(11)20)12(2)22-19-8-14(10-21)16-9-15(24(25)26)5-6-18(16)23-19/h3-9,12H,1-2H3,(H,22,23).